The van der Waals surface area contributed by atoms with Crippen molar-refractivity contribution in [3.05, 3.63) is 40.0 Å². The second kappa shape index (κ2) is 5.88. The van der Waals surface area contributed by atoms with E-state index < -0.39 is 35.0 Å². The topological polar surface area (TPSA) is 64.6 Å². The fraction of sp³-hybridized carbons (Fsp3) is 0.286. The SMILES string of the molecule is CC1(C)OC(=O)C(=CNc2ccc(Br)cc2C(F)(F)F)C(=O)O1. The number of halogens is 4. The van der Waals surface area contributed by atoms with Crippen molar-refractivity contribution in [1.82, 2.24) is 0 Å². The van der Waals surface area contributed by atoms with Gasteiger partial charge in [0.15, 0.2) is 5.57 Å². The number of ether oxygens (including phenoxy) is 2. The fourth-order valence-corrected chi connectivity index (χ4v) is 2.17. The summed E-state index contributed by atoms with van der Waals surface area (Å²) in [6, 6.07) is 3.42. The van der Waals surface area contributed by atoms with Gasteiger partial charge in [0.1, 0.15) is 0 Å². The molecule has 0 bridgehead atoms. The van der Waals surface area contributed by atoms with E-state index in [0.717, 1.165) is 18.3 Å². The van der Waals surface area contributed by atoms with Crippen LogP contribution in [0.15, 0.2) is 34.4 Å². The zero-order chi connectivity index (χ0) is 17.4. The minimum atomic E-state index is -4.61. The molecule has 1 fully saturated rings. The van der Waals surface area contributed by atoms with Crippen molar-refractivity contribution in [2.24, 2.45) is 0 Å². The normalized spacial score (nSPS) is 17.4. The molecule has 1 saturated heterocycles. The first-order valence-corrected chi connectivity index (χ1v) is 7.09. The van der Waals surface area contributed by atoms with Crippen molar-refractivity contribution in [3.63, 3.8) is 0 Å². The number of esters is 2. The van der Waals surface area contributed by atoms with Crippen LogP contribution in [0.5, 0.6) is 0 Å². The Labute approximate surface area is 137 Å². The van der Waals surface area contributed by atoms with Crippen molar-refractivity contribution >= 4 is 33.6 Å². The minimum absolute atomic E-state index is 0.237. The van der Waals surface area contributed by atoms with E-state index in [1.54, 1.807) is 0 Å². The molecule has 0 saturated carbocycles. The van der Waals surface area contributed by atoms with Crippen LogP contribution >= 0.6 is 15.9 Å². The fourth-order valence-electron chi connectivity index (χ4n) is 1.81. The largest absolute Gasteiger partial charge is 0.419 e. The molecule has 5 nitrogen and oxygen atoms in total. The number of alkyl halides is 3. The summed E-state index contributed by atoms with van der Waals surface area (Å²) in [6.07, 6.45) is -3.78. The molecule has 2 rings (SSSR count). The van der Waals surface area contributed by atoms with E-state index in [9.17, 15) is 22.8 Å². The molecule has 1 aromatic carbocycles. The summed E-state index contributed by atoms with van der Waals surface area (Å²) < 4.78 is 48.9. The molecule has 9 heteroatoms. The highest BCUT2D eigenvalue weighted by Gasteiger charge is 2.39. The average Bonchev–Trinajstić information content (AvgIpc) is 2.36. The lowest BCUT2D eigenvalue weighted by Crippen LogP contribution is -2.42. The monoisotopic (exact) mass is 393 g/mol. The summed E-state index contributed by atoms with van der Waals surface area (Å²) in [7, 11) is 0. The Morgan fingerprint density at radius 3 is 2.26 bits per heavy atom. The Morgan fingerprint density at radius 1 is 1.17 bits per heavy atom. The van der Waals surface area contributed by atoms with Crippen LogP contribution < -0.4 is 5.32 Å². The summed E-state index contributed by atoms with van der Waals surface area (Å²) in [5.41, 5.74) is -1.80. The lowest BCUT2D eigenvalue weighted by atomic mass is 10.1. The molecule has 23 heavy (non-hydrogen) atoms. The Bertz CT molecular complexity index is 676. The number of benzene rings is 1. The Balaban J connectivity index is 2.31. The van der Waals surface area contributed by atoms with E-state index in [4.69, 9.17) is 9.47 Å². The van der Waals surface area contributed by atoms with Gasteiger partial charge in [-0.2, -0.15) is 13.2 Å². The zero-order valence-corrected chi connectivity index (χ0v) is 13.5. The molecule has 0 aliphatic carbocycles. The third kappa shape index (κ3) is 4.04. The lowest BCUT2D eigenvalue weighted by Gasteiger charge is -2.29. The van der Waals surface area contributed by atoms with Gasteiger partial charge in [0.25, 0.3) is 5.79 Å². The van der Waals surface area contributed by atoms with Crippen LogP contribution in [0.4, 0.5) is 18.9 Å². The van der Waals surface area contributed by atoms with Gasteiger partial charge >= 0.3 is 18.1 Å². The molecule has 0 amide bonds. The number of carbonyl (C=O) groups is 2. The number of anilines is 1. The number of carbonyl (C=O) groups excluding carboxylic acids is 2. The maximum atomic E-state index is 13.0. The van der Waals surface area contributed by atoms with E-state index >= 15 is 0 Å². The van der Waals surface area contributed by atoms with E-state index in [1.165, 1.54) is 19.9 Å². The molecular weight excluding hydrogens is 383 g/mol. The van der Waals surface area contributed by atoms with Gasteiger partial charge < -0.3 is 14.8 Å². The smallest absolute Gasteiger partial charge is 0.418 e. The van der Waals surface area contributed by atoms with Crippen molar-refractivity contribution in [3.8, 4) is 0 Å². The summed E-state index contributed by atoms with van der Waals surface area (Å²) in [4.78, 5) is 23.4. The van der Waals surface area contributed by atoms with Gasteiger partial charge in [0.2, 0.25) is 0 Å². The standard InChI is InChI=1S/C14H11BrF3NO4/c1-13(2)22-11(20)8(12(21)23-13)6-19-10-4-3-7(15)5-9(10)14(16,17)18/h3-6,19H,1-2H3. The Hall–Kier alpha value is -2.03. The maximum absolute atomic E-state index is 13.0. The second-order valence-corrected chi connectivity index (χ2v) is 5.98. The van der Waals surface area contributed by atoms with Crippen molar-refractivity contribution < 1.29 is 32.2 Å². The summed E-state index contributed by atoms with van der Waals surface area (Å²) in [5, 5.41) is 2.30. The molecular formula is C14H11BrF3NO4. The zero-order valence-electron chi connectivity index (χ0n) is 12.0. The number of hydrogen-bond acceptors (Lipinski definition) is 5. The van der Waals surface area contributed by atoms with Crippen molar-refractivity contribution in [2.75, 3.05) is 5.32 Å². The summed E-state index contributed by atoms with van der Waals surface area (Å²) in [6.45, 7) is 2.73. The van der Waals surface area contributed by atoms with Crippen LogP contribution in [0, 0.1) is 0 Å². The molecule has 0 unspecified atom stereocenters. The minimum Gasteiger partial charge on any atom is -0.419 e. The maximum Gasteiger partial charge on any atom is 0.418 e. The molecule has 1 N–H and O–H groups in total. The van der Waals surface area contributed by atoms with E-state index in [-0.39, 0.29) is 10.2 Å². The molecule has 0 aromatic heterocycles. The van der Waals surface area contributed by atoms with Gasteiger partial charge in [-0.25, -0.2) is 9.59 Å². The van der Waals surface area contributed by atoms with Crippen molar-refractivity contribution in [1.29, 1.82) is 0 Å². The molecule has 1 aliphatic heterocycles. The van der Waals surface area contributed by atoms with E-state index in [0.29, 0.717) is 0 Å². The molecule has 1 aliphatic rings. The van der Waals surface area contributed by atoms with Gasteiger partial charge in [0.05, 0.1) is 11.3 Å². The highest BCUT2D eigenvalue weighted by molar-refractivity contribution is 9.10. The predicted molar refractivity (Wildman–Crippen MR) is 77.1 cm³/mol. The van der Waals surface area contributed by atoms with Crippen LogP contribution in [-0.4, -0.2) is 17.7 Å². The lowest BCUT2D eigenvalue weighted by molar-refractivity contribution is -0.222. The van der Waals surface area contributed by atoms with Gasteiger partial charge in [-0.1, -0.05) is 15.9 Å². The summed E-state index contributed by atoms with van der Waals surface area (Å²) in [5.74, 6) is -3.38. The van der Waals surface area contributed by atoms with Crippen LogP contribution in [0.1, 0.15) is 19.4 Å². The number of hydrogen-bond donors (Lipinski definition) is 1. The molecule has 0 atom stereocenters. The van der Waals surface area contributed by atoms with Gasteiger partial charge in [0, 0.05) is 24.5 Å². The quantitative estimate of drug-likeness (QED) is 0.472. The first kappa shape index (κ1) is 17.3. The number of rotatable bonds is 2. The average molecular weight is 394 g/mol. The third-order valence-corrected chi connectivity index (χ3v) is 3.27. The van der Waals surface area contributed by atoms with Gasteiger partial charge in [-0.05, 0) is 18.2 Å². The van der Waals surface area contributed by atoms with Gasteiger partial charge in [-0.3, -0.25) is 0 Å². The van der Waals surface area contributed by atoms with Gasteiger partial charge in [-0.15, -0.1) is 0 Å². The first-order chi connectivity index (χ1) is 10.5. The highest BCUT2D eigenvalue weighted by Crippen LogP contribution is 2.36. The second-order valence-electron chi connectivity index (χ2n) is 5.07. The van der Waals surface area contributed by atoms with Crippen LogP contribution in [0.2, 0.25) is 0 Å². The van der Waals surface area contributed by atoms with Crippen LogP contribution in [0.3, 0.4) is 0 Å². The van der Waals surface area contributed by atoms with Crippen molar-refractivity contribution in [2.45, 2.75) is 25.8 Å². The number of nitrogens with one attached hydrogen (secondary N) is 1. The summed E-state index contributed by atoms with van der Waals surface area (Å²) >= 11 is 2.96. The molecule has 0 radical (unpaired) electrons. The molecule has 0 spiro atoms. The third-order valence-electron chi connectivity index (χ3n) is 2.78. The highest BCUT2D eigenvalue weighted by atomic mass is 79.9. The van der Waals surface area contributed by atoms with E-state index in [2.05, 4.69) is 21.2 Å². The number of cyclic esters (lactones) is 2. The Morgan fingerprint density at radius 2 is 1.74 bits per heavy atom. The van der Waals surface area contributed by atoms with Crippen LogP contribution in [-0.2, 0) is 25.2 Å². The molecule has 1 aromatic rings. The predicted octanol–water partition coefficient (Wildman–Crippen LogP) is 3.60. The Kier molecular flexibility index (Phi) is 4.43. The first-order valence-electron chi connectivity index (χ1n) is 6.30. The molecule has 1 heterocycles. The van der Waals surface area contributed by atoms with Crippen LogP contribution in [0.25, 0.3) is 0 Å². The van der Waals surface area contributed by atoms with E-state index in [1.807, 2.05) is 0 Å². The molecule has 124 valence electrons.